The maximum absolute atomic E-state index is 13.2. The van der Waals surface area contributed by atoms with Crippen LogP contribution in [0.2, 0.25) is 0 Å². The van der Waals surface area contributed by atoms with E-state index in [2.05, 4.69) is 0 Å². The summed E-state index contributed by atoms with van der Waals surface area (Å²) in [4.78, 5) is 10.8. The Hall–Kier alpha value is -2.24. The van der Waals surface area contributed by atoms with Crippen LogP contribution in [0.25, 0.3) is 11.1 Å². The van der Waals surface area contributed by atoms with Crippen LogP contribution in [-0.4, -0.2) is 6.29 Å². The summed E-state index contributed by atoms with van der Waals surface area (Å²) >= 11 is 0. The molecule has 0 radical (unpaired) electrons. The number of alkyl halides is 3. The molecule has 0 unspecified atom stereocenters. The van der Waals surface area contributed by atoms with Gasteiger partial charge in [0.25, 0.3) is 0 Å². The second-order valence-corrected chi connectivity index (χ2v) is 4.04. The number of aldehydes is 1. The fraction of sp³-hybridized carbons (Fsp3) is 0.0714. The van der Waals surface area contributed by atoms with Crippen molar-refractivity contribution >= 4 is 6.29 Å². The molecule has 0 aliphatic carbocycles. The Kier molecular flexibility index (Phi) is 3.57. The van der Waals surface area contributed by atoms with Crippen molar-refractivity contribution in [3.05, 3.63) is 59.2 Å². The zero-order valence-corrected chi connectivity index (χ0v) is 9.84. The topological polar surface area (TPSA) is 17.1 Å². The molecular formula is C14H7F5O. The van der Waals surface area contributed by atoms with Gasteiger partial charge in [0.2, 0.25) is 0 Å². The van der Waals surface area contributed by atoms with E-state index >= 15 is 0 Å². The van der Waals surface area contributed by atoms with Gasteiger partial charge < -0.3 is 0 Å². The van der Waals surface area contributed by atoms with Crippen molar-refractivity contribution in [2.45, 2.75) is 6.18 Å². The molecule has 104 valence electrons. The van der Waals surface area contributed by atoms with Crippen LogP contribution < -0.4 is 0 Å². The normalized spacial score (nSPS) is 11.4. The number of halogens is 5. The molecule has 6 heteroatoms. The van der Waals surface area contributed by atoms with Crippen LogP contribution in [0.4, 0.5) is 22.0 Å². The van der Waals surface area contributed by atoms with E-state index in [4.69, 9.17) is 0 Å². The summed E-state index contributed by atoms with van der Waals surface area (Å²) < 4.78 is 64.0. The van der Waals surface area contributed by atoms with E-state index in [0.29, 0.717) is 18.4 Å². The van der Waals surface area contributed by atoms with E-state index in [0.717, 1.165) is 18.2 Å². The van der Waals surface area contributed by atoms with E-state index < -0.39 is 23.4 Å². The number of benzene rings is 2. The molecule has 2 aromatic rings. The first-order valence-corrected chi connectivity index (χ1v) is 5.45. The molecule has 0 fully saturated rings. The van der Waals surface area contributed by atoms with E-state index in [-0.39, 0.29) is 16.7 Å². The molecular weight excluding hydrogens is 279 g/mol. The summed E-state index contributed by atoms with van der Waals surface area (Å²) in [7, 11) is 0. The first-order valence-electron chi connectivity index (χ1n) is 5.45. The summed E-state index contributed by atoms with van der Waals surface area (Å²) in [5.41, 5.74) is -1.45. The molecule has 1 nitrogen and oxygen atoms in total. The monoisotopic (exact) mass is 286 g/mol. The van der Waals surface area contributed by atoms with E-state index in [1.165, 1.54) is 6.07 Å². The molecule has 2 rings (SSSR count). The van der Waals surface area contributed by atoms with Crippen LogP contribution in [0.5, 0.6) is 0 Å². The van der Waals surface area contributed by atoms with Gasteiger partial charge in [-0.25, -0.2) is 8.78 Å². The van der Waals surface area contributed by atoms with Gasteiger partial charge in [-0.15, -0.1) is 0 Å². The third kappa shape index (κ3) is 2.68. The molecule has 0 aliphatic heterocycles. The Morgan fingerprint density at radius 2 is 1.65 bits per heavy atom. The quantitative estimate of drug-likeness (QED) is 0.588. The first-order chi connectivity index (χ1) is 9.32. The van der Waals surface area contributed by atoms with Gasteiger partial charge in [0, 0.05) is 5.56 Å². The lowest BCUT2D eigenvalue weighted by molar-refractivity contribution is -0.139. The van der Waals surface area contributed by atoms with Crippen molar-refractivity contribution in [3.8, 4) is 11.1 Å². The number of hydrogen-bond acceptors (Lipinski definition) is 1. The summed E-state index contributed by atoms with van der Waals surface area (Å²) in [6.45, 7) is 0. The van der Waals surface area contributed by atoms with Crippen molar-refractivity contribution in [1.82, 2.24) is 0 Å². The van der Waals surface area contributed by atoms with Crippen LogP contribution in [0.1, 0.15) is 15.9 Å². The first kappa shape index (κ1) is 14.2. The molecule has 0 aliphatic rings. The van der Waals surface area contributed by atoms with Crippen molar-refractivity contribution in [2.75, 3.05) is 0 Å². The van der Waals surface area contributed by atoms with Gasteiger partial charge in [-0.1, -0.05) is 12.1 Å². The molecule has 0 amide bonds. The lowest BCUT2D eigenvalue weighted by Crippen LogP contribution is -2.08. The predicted octanol–water partition coefficient (Wildman–Crippen LogP) is 4.46. The van der Waals surface area contributed by atoms with Gasteiger partial charge >= 0.3 is 6.18 Å². The summed E-state index contributed by atoms with van der Waals surface area (Å²) in [6, 6.07) is 5.45. The molecule has 0 N–H and O–H groups in total. The average molecular weight is 286 g/mol. The smallest absolute Gasteiger partial charge is 0.298 e. The fourth-order valence-electron chi connectivity index (χ4n) is 1.80. The van der Waals surface area contributed by atoms with Crippen molar-refractivity contribution in [2.24, 2.45) is 0 Å². The van der Waals surface area contributed by atoms with Gasteiger partial charge in [0.05, 0.1) is 5.56 Å². The van der Waals surface area contributed by atoms with Crippen molar-refractivity contribution in [3.63, 3.8) is 0 Å². The van der Waals surface area contributed by atoms with Crippen molar-refractivity contribution in [1.29, 1.82) is 0 Å². The Labute approximate surface area is 110 Å². The van der Waals surface area contributed by atoms with Crippen molar-refractivity contribution < 1.29 is 26.7 Å². The molecule has 2 aromatic carbocycles. The largest absolute Gasteiger partial charge is 0.419 e. The van der Waals surface area contributed by atoms with Crippen LogP contribution in [0.3, 0.4) is 0 Å². The highest BCUT2D eigenvalue weighted by molar-refractivity contribution is 5.87. The van der Waals surface area contributed by atoms with Crippen LogP contribution in [-0.2, 0) is 6.18 Å². The average Bonchev–Trinajstić information content (AvgIpc) is 2.38. The van der Waals surface area contributed by atoms with Gasteiger partial charge in [0.1, 0.15) is 11.6 Å². The molecule has 0 saturated heterocycles. The van der Waals surface area contributed by atoms with Gasteiger partial charge in [-0.05, 0) is 35.4 Å². The molecule has 20 heavy (non-hydrogen) atoms. The number of carbonyl (C=O) groups is 1. The van der Waals surface area contributed by atoms with Crippen LogP contribution in [0.15, 0.2) is 36.4 Å². The zero-order valence-electron chi connectivity index (χ0n) is 9.84. The highest BCUT2D eigenvalue weighted by atomic mass is 19.4. The summed E-state index contributed by atoms with van der Waals surface area (Å²) in [5.74, 6) is -2.09. The fourth-order valence-corrected chi connectivity index (χ4v) is 1.80. The number of hydrogen-bond donors (Lipinski definition) is 0. The van der Waals surface area contributed by atoms with Crippen LogP contribution in [0, 0.1) is 11.6 Å². The van der Waals surface area contributed by atoms with Gasteiger partial charge in [-0.3, -0.25) is 4.79 Å². The summed E-state index contributed by atoms with van der Waals surface area (Å²) in [5, 5.41) is 0. The minimum Gasteiger partial charge on any atom is -0.298 e. The summed E-state index contributed by atoms with van der Waals surface area (Å²) in [6.07, 6.45) is -4.52. The molecule has 0 saturated carbocycles. The van der Waals surface area contributed by atoms with E-state index in [1.807, 2.05) is 0 Å². The maximum Gasteiger partial charge on any atom is 0.419 e. The van der Waals surface area contributed by atoms with Crippen LogP contribution >= 0.6 is 0 Å². The zero-order chi connectivity index (χ0) is 14.9. The Balaban J connectivity index is 2.63. The maximum atomic E-state index is 13.2. The lowest BCUT2D eigenvalue weighted by atomic mass is 9.98. The number of rotatable bonds is 2. The molecule has 0 heterocycles. The predicted molar refractivity (Wildman–Crippen MR) is 62.2 cm³/mol. The second kappa shape index (κ2) is 5.03. The minimum absolute atomic E-state index is 0.0131. The van der Waals surface area contributed by atoms with Gasteiger partial charge in [0.15, 0.2) is 6.29 Å². The lowest BCUT2D eigenvalue weighted by Gasteiger charge is -2.11. The Morgan fingerprint density at radius 1 is 0.950 bits per heavy atom. The Bertz CT molecular complexity index is 661. The van der Waals surface area contributed by atoms with E-state index in [9.17, 15) is 26.7 Å². The molecule has 0 aromatic heterocycles. The standard InChI is InChI=1S/C14H7F5O/c15-10-2-3-11(9(5-10)7-20)8-1-4-13(16)12(6-8)14(17,18)19/h1-7H. The molecule has 0 spiro atoms. The highest BCUT2D eigenvalue weighted by Crippen LogP contribution is 2.35. The number of carbonyl (C=O) groups excluding carboxylic acids is 1. The minimum atomic E-state index is -4.85. The molecule has 0 bridgehead atoms. The molecule has 0 atom stereocenters. The second-order valence-electron chi connectivity index (χ2n) is 4.04. The third-order valence-corrected chi connectivity index (χ3v) is 2.72. The van der Waals surface area contributed by atoms with Gasteiger partial charge in [-0.2, -0.15) is 13.2 Å². The Morgan fingerprint density at radius 3 is 2.25 bits per heavy atom. The highest BCUT2D eigenvalue weighted by Gasteiger charge is 2.34. The van der Waals surface area contributed by atoms with E-state index in [1.54, 1.807) is 0 Å². The SMILES string of the molecule is O=Cc1cc(F)ccc1-c1ccc(F)c(C(F)(F)F)c1. The third-order valence-electron chi connectivity index (χ3n) is 2.72.